The van der Waals surface area contributed by atoms with Crippen molar-refractivity contribution in [1.29, 1.82) is 0 Å². The van der Waals surface area contributed by atoms with Gasteiger partial charge in [0, 0.05) is 12.6 Å². The summed E-state index contributed by atoms with van der Waals surface area (Å²) in [4.78, 5) is 14.1. The number of nitrogens with zero attached hydrogens (tertiary/aromatic N) is 1. The Balaban J connectivity index is 2.05. The summed E-state index contributed by atoms with van der Waals surface area (Å²) in [5.41, 5.74) is 0. The Kier molecular flexibility index (Phi) is 3.99. The average molecular weight is 273 g/mol. The molecule has 5 heteroatoms. The first-order valence-electron chi connectivity index (χ1n) is 6.93. The van der Waals surface area contributed by atoms with Crippen LogP contribution in [0.25, 0.3) is 0 Å². The zero-order valence-electron chi connectivity index (χ0n) is 11.3. The molecule has 0 aromatic rings. The smallest absolute Gasteiger partial charge is 0.238 e. The molecule has 1 saturated heterocycles. The van der Waals surface area contributed by atoms with Gasteiger partial charge in [-0.2, -0.15) is 0 Å². The van der Waals surface area contributed by atoms with Crippen LogP contribution in [0.15, 0.2) is 0 Å². The van der Waals surface area contributed by atoms with Crippen LogP contribution in [0.3, 0.4) is 0 Å². The second-order valence-electron chi connectivity index (χ2n) is 5.84. The van der Waals surface area contributed by atoms with Crippen LogP contribution in [-0.4, -0.2) is 42.8 Å². The summed E-state index contributed by atoms with van der Waals surface area (Å²) in [7, 11) is -3.27. The second kappa shape index (κ2) is 5.19. The second-order valence-corrected chi connectivity index (χ2v) is 8.40. The van der Waals surface area contributed by atoms with Crippen molar-refractivity contribution in [2.75, 3.05) is 12.3 Å². The summed E-state index contributed by atoms with van der Waals surface area (Å²) in [6, 6.07) is 0.314. The van der Waals surface area contributed by atoms with Crippen molar-refractivity contribution >= 4 is 15.7 Å². The largest absolute Gasteiger partial charge is 0.339 e. The van der Waals surface area contributed by atoms with Crippen molar-refractivity contribution in [3.8, 4) is 0 Å². The molecule has 2 aliphatic rings. The van der Waals surface area contributed by atoms with Gasteiger partial charge in [-0.15, -0.1) is 0 Å². The van der Waals surface area contributed by atoms with Gasteiger partial charge in [0.2, 0.25) is 5.91 Å². The van der Waals surface area contributed by atoms with Crippen molar-refractivity contribution in [3.63, 3.8) is 0 Å². The van der Waals surface area contributed by atoms with E-state index in [1.165, 1.54) is 19.3 Å². The van der Waals surface area contributed by atoms with E-state index >= 15 is 0 Å². The van der Waals surface area contributed by atoms with Gasteiger partial charge in [-0.1, -0.05) is 6.42 Å². The van der Waals surface area contributed by atoms with Gasteiger partial charge >= 0.3 is 0 Å². The lowest BCUT2D eigenvalue weighted by Gasteiger charge is -2.37. The molecule has 0 spiro atoms. The standard InChI is InChI=1S/C13H23NO3S/c1-10(2)18(16,17)9-13(15)14-8-4-6-11-5-3-7-12(11)14/h10-12H,3-9H2,1-2H3/t11-,12+/m1/s1. The first-order valence-corrected chi connectivity index (χ1v) is 8.64. The molecule has 18 heavy (non-hydrogen) atoms. The van der Waals surface area contributed by atoms with E-state index in [1.807, 2.05) is 4.90 Å². The van der Waals surface area contributed by atoms with Gasteiger partial charge in [0.25, 0.3) is 0 Å². The minimum Gasteiger partial charge on any atom is -0.339 e. The van der Waals surface area contributed by atoms with Crippen LogP contribution >= 0.6 is 0 Å². The summed E-state index contributed by atoms with van der Waals surface area (Å²) in [6.07, 6.45) is 5.65. The average Bonchev–Trinajstić information content (AvgIpc) is 2.75. The molecule has 2 atom stereocenters. The van der Waals surface area contributed by atoms with Crippen molar-refractivity contribution in [1.82, 2.24) is 4.90 Å². The molecule has 0 aromatic heterocycles. The van der Waals surface area contributed by atoms with E-state index in [4.69, 9.17) is 0 Å². The Bertz CT molecular complexity index is 416. The summed E-state index contributed by atoms with van der Waals surface area (Å²) < 4.78 is 23.7. The Morgan fingerprint density at radius 1 is 1.22 bits per heavy atom. The Morgan fingerprint density at radius 2 is 1.89 bits per heavy atom. The van der Waals surface area contributed by atoms with Crippen molar-refractivity contribution in [3.05, 3.63) is 0 Å². The minimum atomic E-state index is -3.27. The molecular weight excluding hydrogens is 250 g/mol. The topological polar surface area (TPSA) is 54.5 Å². The summed E-state index contributed by atoms with van der Waals surface area (Å²) in [5, 5.41) is -0.467. The molecule has 1 aliphatic carbocycles. The number of piperidine rings is 1. The molecular formula is C13H23NO3S. The van der Waals surface area contributed by atoms with Crippen molar-refractivity contribution < 1.29 is 13.2 Å². The lowest BCUT2D eigenvalue weighted by molar-refractivity contribution is -0.133. The van der Waals surface area contributed by atoms with Crippen LogP contribution in [0, 0.1) is 5.92 Å². The van der Waals surface area contributed by atoms with Gasteiger partial charge in [-0.25, -0.2) is 8.42 Å². The highest BCUT2D eigenvalue weighted by Crippen LogP contribution is 2.36. The normalized spacial score (nSPS) is 28.5. The third-order valence-electron chi connectivity index (χ3n) is 4.36. The lowest BCUT2D eigenvalue weighted by Crippen LogP contribution is -2.48. The van der Waals surface area contributed by atoms with E-state index in [0.29, 0.717) is 12.0 Å². The van der Waals surface area contributed by atoms with E-state index in [9.17, 15) is 13.2 Å². The van der Waals surface area contributed by atoms with E-state index in [2.05, 4.69) is 0 Å². The molecule has 0 bridgehead atoms. The molecule has 2 fully saturated rings. The number of carbonyl (C=O) groups is 1. The predicted molar refractivity (Wildman–Crippen MR) is 71.0 cm³/mol. The molecule has 1 saturated carbocycles. The number of likely N-dealkylation sites (tertiary alicyclic amines) is 1. The van der Waals surface area contributed by atoms with Crippen molar-refractivity contribution in [2.45, 2.75) is 57.2 Å². The van der Waals surface area contributed by atoms with Gasteiger partial charge in [0.05, 0.1) is 5.25 Å². The number of hydrogen-bond donors (Lipinski definition) is 0. The Hall–Kier alpha value is -0.580. The molecule has 2 rings (SSSR count). The van der Waals surface area contributed by atoms with Crippen molar-refractivity contribution in [2.24, 2.45) is 5.92 Å². The van der Waals surface area contributed by atoms with Crippen LogP contribution < -0.4 is 0 Å². The van der Waals surface area contributed by atoms with E-state index in [0.717, 1.165) is 19.4 Å². The highest BCUT2D eigenvalue weighted by Gasteiger charge is 2.38. The van der Waals surface area contributed by atoms with Gasteiger partial charge in [0.1, 0.15) is 5.75 Å². The van der Waals surface area contributed by atoms with Gasteiger partial charge < -0.3 is 4.90 Å². The van der Waals surface area contributed by atoms with Gasteiger partial charge in [-0.3, -0.25) is 4.79 Å². The zero-order chi connectivity index (χ0) is 13.3. The predicted octanol–water partition coefficient (Wildman–Crippen LogP) is 1.60. The summed E-state index contributed by atoms with van der Waals surface area (Å²) >= 11 is 0. The molecule has 1 amide bonds. The fourth-order valence-corrected chi connectivity index (χ4v) is 4.03. The van der Waals surface area contributed by atoms with Crippen LogP contribution in [0.2, 0.25) is 0 Å². The number of sulfone groups is 1. The SMILES string of the molecule is CC(C)S(=O)(=O)CC(=O)N1CCC[C@H]2CCC[C@@H]21. The highest BCUT2D eigenvalue weighted by molar-refractivity contribution is 7.92. The molecule has 104 valence electrons. The van der Waals surface area contributed by atoms with Crippen LogP contribution in [0.5, 0.6) is 0 Å². The number of rotatable bonds is 3. The quantitative estimate of drug-likeness (QED) is 0.785. The van der Waals surface area contributed by atoms with Gasteiger partial charge in [0.15, 0.2) is 9.84 Å². The maximum Gasteiger partial charge on any atom is 0.238 e. The molecule has 4 nitrogen and oxygen atoms in total. The Morgan fingerprint density at radius 3 is 2.56 bits per heavy atom. The number of carbonyl (C=O) groups excluding carboxylic acids is 1. The number of amides is 1. The van der Waals surface area contributed by atoms with Gasteiger partial charge in [-0.05, 0) is 45.4 Å². The third kappa shape index (κ3) is 2.71. The monoisotopic (exact) mass is 273 g/mol. The first kappa shape index (κ1) is 13.8. The fourth-order valence-electron chi connectivity index (χ4n) is 3.19. The maximum atomic E-state index is 12.2. The molecule has 1 heterocycles. The molecule has 0 unspecified atom stereocenters. The molecule has 0 N–H and O–H groups in total. The highest BCUT2D eigenvalue weighted by atomic mass is 32.2. The summed E-state index contributed by atoms with van der Waals surface area (Å²) in [5.74, 6) is 0.123. The zero-order valence-corrected chi connectivity index (χ0v) is 12.1. The van der Waals surface area contributed by atoms with Crippen LogP contribution in [0.1, 0.15) is 46.0 Å². The third-order valence-corrected chi connectivity index (χ3v) is 6.44. The van der Waals surface area contributed by atoms with E-state index in [1.54, 1.807) is 13.8 Å². The molecule has 0 aromatic carbocycles. The number of hydrogen-bond acceptors (Lipinski definition) is 3. The molecule has 1 aliphatic heterocycles. The first-order chi connectivity index (χ1) is 8.42. The van der Waals surface area contributed by atoms with Crippen LogP contribution in [-0.2, 0) is 14.6 Å². The molecule has 0 radical (unpaired) electrons. The summed E-state index contributed by atoms with van der Waals surface area (Å²) in [6.45, 7) is 4.02. The van der Waals surface area contributed by atoms with Crippen LogP contribution in [0.4, 0.5) is 0 Å². The minimum absolute atomic E-state index is 0.180. The fraction of sp³-hybridized carbons (Fsp3) is 0.923. The number of fused-ring (bicyclic) bond motifs is 1. The maximum absolute atomic E-state index is 12.2. The van der Waals surface area contributed by atoms with E-state index in [-0.39, 0.29) is 11.7 Å². The lowest BCUT2D eigenvalue weighted by atomic mass is 9.92. The van der Waals surface area contributed by atoms with E-state index < -0.39 is 15.1 Å². The Labute approximate surface area is 110 Å².